The molecular formula is C20H41N5. The fraction of sp³-hybridized carbons (Fsp3) is 0.950. The van der Waals surface area contributed by atoms with Crippen LogP contribution in [0.15, 0.2) is 4.99 Å². The highest BCUT2D eigenvalue weighted by Gasteiger charge is 2.18. The van der Waals surface area contributed by atoms with E-state index < -0.39 is 0 Å². The van der Waals surface area contributed by atoms with Gasteiger partial charge in [0.1, 0.15) is 0 Å². The lowest BCUT2D eigenvalue weighted by atomic mass is 9.97. The van der Waals surface area contributed by atoms with Crippen LogP contribution in [-0.4, -0.2) is 75.2 Å². The van der Waals surface area contributed by atoms with Gasteiger partial charge in [0.25, 0.3) is 0 Å². The molecule has 0 bridgehead atoms. The van der Waals surface area contributed by atoms with E-state index in [1.807, 2.05) is 7.05 Å². The maximum Gasteiger partial charge on any atom is 0.190 e. The van der Waals surface area contributed by atoms with Gasteiger partial charge in [0.2, 0.25) is 0 Å². The van der Waals surface area contributed by atoms with Gasteiger partial charge >= 0.3 is 0 Å². The predicted molar refractivity (Wildman–Crippen MR) is 108 cm³/mol. The van der Waals surface area contributed by atoms with Crippen LogP contribution in [0.5, 0.6) is 0 Å². The van der Waals surface area contributed by atoms with Crippen LogP contribution in [-0.2, 0) is 0 Å². The summed E-state index contributed by atoms with van der Waals surface area (Å²) in [4.78, 5) is 9.60. The smallest absolute Gasteiger partial charge is 0.190 e. The Morgan fingerprint density at radius 2 is 1.60 bits per heavy atom. The van der Waals surface area contributed by atoms with E-state index >= 15 is 0 Å². The first-order chi connectivity index (χ1) is 12.2. The van der Waals surface area contributed by atoms with E-state index in [-0.39, 0.29) is 0 Å². The van der Waals surface area contributed by atoms with E-state index in [1.165, 1.54) is 77.8 Å². The monoisotopic (exact) mass is 351 g/mol. The number of likely N-dealkylation sites (tertiary alicyclic amines) is 2. The highest BCUT2D eigenvalue weighted by atomic mass is 15.2. The van der Waals surface area contributed by atoms with Crippen LogP contribution in [0.2, 0.25) is 0 Å². The van der Waals surface area contributed by atoms with Crippen LogP contribution in [0.1, 0.15) is 52.4 Å². The van der Waals surface area contributed by atoms with Gasteiger partial charge < -0.3 is 20.4 Å². The minimum Gasteiger partial charge on any atom is -0.356 e. The van der Waals surface area contributed by atoms with E-state index in [0.717, 1.165) is 30.9 Å². The highest BCUT2D eigenvalue weighted by molar-refractivity contribution is 5.79. The average Bonchev–Trinajstić information content (AvgIpc) is 2.64. The van der Waals surface area contributed by atoms with Gasteiger partial charge in [-0.05, 0) is 89.6 Å². The van der Waals surface area contributed by atoms with Crippen molar-refractivity contribution >= 4 is 5.96 Å². The molecule has 0 aromatic carbocycles. The third-order valence-corrected chi connectivity index (χ3v) is 5.85. The highest BCUT2D eigenvalue weighted by Crippen LogP contribution is 2.17. The number of piperidine rings is 2. The number of hydrogen-bond acceptors (Lipinski definition) is 3. The van der Waals surface area contributed by atoms with Gasteiger partial charge in [0.15, 0.2) is 5.96 Å². The fourth-order valence-corrected chi connectivity index (χ4v) is 3.99. The molecule has 0 aliphatic carbocycles. The Morgan fingerprint density at radius 1 is 0.960 bits per heavy atom. The van der Waals surface area contributed by atoms with Gasteiger partial charge in [0, 0.05) is 20.1 Å². The number of rotatable bonds is 8. The van der Waals surface area contributed by atoms with Crippen LogP contribution in [0, 0.1) is 11.8 Å². The zero-order valence-corrected chi connectivity index (χ0v) is 16.9. The number of guanidine groups is 1. The summed E-state index contributed by atoms with van der Waals surface area (Å²) >= 11 is 0. The molecule has 2 heterocycles. The maximum atomic E-state index is 4.38. The summed E-state index contributed by atoms with van der Waals surface area (Å²) in [5.74, 6) is 2.69. The topological polar surface area (TPSA) is 42.9 Å². The lowest BCUT2D eigenvalue weighted by molar-refractivity contribution is 0.185. The Kier molecular flexibility index (Phi) is 9.63. The number of nitrogens with one attached hydrogen (secondary N) is 2. The molecule has 5 heteroatoms. The SMILES string of the molecule is CCCN1CCC(CNC(=NC)NCCCN2CCC(C)CC2)CC1. The van der Waals surface area contributed by atoms with E-state index in [2.05, 4.69) is 39.3 Å². The molecule has 0 amide bonds. The van der Waals surface area contributed by atoms with Gasteiger partial charge in [-0.3, -0.25) is 4.99 Å². The van der Waals surface area contributed by atoms with Gasteiger partial charge in [-0.15, -0.1) is 0 Å². The molecule has 2 N–H and O–H groups in total. The summed E-state index contributed by atoms with van der Waals surface area (Å²) in [6, 6.07) is 0. The molecule has 0 aromatic rings. The van der Waals surface area contributed by atoms with Crippen molar-refractivity contribution in [1.29, 1.82) is 0 Å². The van der Waals surface area contributed by atoms with E-state index in [4.69, 9.17) is 0 Å². The van der Waals surface area contributed by atoms with Gasteiger partial charge in [-0.2, -0.15) is 0 Å². The van der Waals surface area contributed by atoms with Gasteiger partial charge in [-0.1, -0.05) is 13.8 Å². The molecule has 0 radical (unpaired) electrons. The summed E-state index contributed by atoms with van der Waals surface area (Å²) < 4.78 is 0. The molecule has 2 aliphatic rings. The van der Waals surface area contributed by atoms with Crippen molar-refractivity contribution < 1.29 is 0 Å². The number of hydrogen-bond donors (Lipinski definition) is 2. The molecule has 146 valence electrons. The van der Waals surface area contributed by atoms with Crippen molar-refractivity contribution in [2.45, 2.75) is 52.4 Å². The van der Waals surface area contributed by atoms with E-state index in [9.17, 15) is 0 Å². The molecule has 0 unspecified atom stereocenters. The minimum absolute atomic E-state index is 0.794. The molecule has 2 saturated heterocycles. The Morgan fingerprint density at radius 3 is 2.24 bits per heavy atom. The molecular weight excluding hydrogens is 310 g/mol. The zero-order valence-electron chi connectivity index (χ0n) is 16.9. The summed E-state index contributed by atoms with van der Waals surface area (Å²) in [6.45, 7) is 14.3. The van der Waals surface area contributed by atoms with Crippen LogP contribution in [0.3, 0.4) is 0 Å². The Labute approximate surface area is 155 Å². The zero-order chi connectivity index (χ0) is 17.9. The fourth-order valence-electron chi connectivity index (χ4n) is 3.99. The molecule has 0 aromatic heterocycles. The first-order valence-electron chi connectivity index (χ1n) is 10.6. The standard InChI is InChI=1S/C20H41N5/c1-4-11-24-15-8-19(9-16-24)17-23-20(21-3)22-10-5-12-25-13-6-18(2)7-14-25/h18-19H,4-17H2,1-3H3,(H2,21,22,23). The van der Waals surface area contributed by atoms with Crippen molar-refractivity contribution in [2.75, 3.05) is 59.4 Å². The first kappa shape index (κ1) is 20.5. The quantitative estimate of drug-likeness (QED) is 0.400. The Balaban J connectivity index is 1.52. The molecule has 5 nitrogen and oxygen atoms in total. The van der Waals surface area contributed by atoms with Crippen LogP contribution in [0.4, 0.5) is 0 Å². The van der Waals surface area contributed by atoms with Crippen LogP contribution in [0.25, 0.3) is 0 Å². The molecule has 0 saturated carbocycles. The second kappa shape index (κ2) is 11.7. The van der Waals surface area contributed by atoms with Crippen LogP contribution >= 0.6 is 0 Å². The second-order valence-corrected chi connectivity index (χ2v) is 8.04. The normalized spacial score (nSPS) is 22.3. The van der Waals surface area contributed by atoms with E-state index in [1.54, 1.807) is 0 Å². The Bertz CT molecular complexity index is 368. The molecule has 2 fully saturated rings. The largest absolute Gasteiger partial charge is 0.356 e. The lowest BCUT2D eigenvalue weighted by Gasteiger charge is -2.32. The van der Waals surface area contributed by atoms with Crippen LogP contribution < -0.4 is 10.6 Å². The Hall–Kier alpha value is -0.810. The first-order valence-corrected chi connectivity index (χ1v) is 10.6. The third-order valence-electron chi connectivity index (χ3n) is 5.85. The van der Waals surface area contributed by atoms with Gasteiger partial charge in [0.05, 0.1) is 0 Å². The molecule has 0 spiro atoms. The van der Waals surface area contributed by atoms with Crippen molar-refractivity contribution in [3.63, 3.8) is 0 Å². The average molecular weight is 352 g/mol. The summed E-state index contributed by atoms with van der Waals surface area (Å²) in [5.41, 5.74) is 0. The summed E-state index contributed by atoms with van der Waals surface area (Å²) in [5, 5.41) is 7.03. The van der Waals surface area contributed by atoms with Crippen molar-refractivity contribution in [2.24, 2.45) is 16.8 Å². The maximum absolute atomic E-state index is 4.38. The number of aliphatic imine (C=N–C) groups is 1. The van der Waals surface area contributed by atoms with Gasteiger partial charge in [-0.25, -0.2) is 0 Å². The molecule has 2 aliphatic heterocycles. The number of nitrogens with zero attached hydrogens (tertiary/aromatic N) is 3. The second-order valence-electron chi connectivity index (χ2n) is 8.04. The summed E-state index contributed by atoms with van der Waals surface area (Å²) in [6.07, 6.45) is 7.84. The van der Waals surface area contributed by atoms with E-state index in [0.29, 0.717) is 0 Å². The van der Waals surface area contributed by atoms with Crippen molar-refractivity contribution in [3.8, 4) is 0 Å². The summed E-state index contributed by atoms with van der Waals surface area (Å²) in [7, 11) is 1.88. The van der Waals surface area contributed by atoms with Crippen molar-refractivity contribution in [3.05, 3.63) is 0 Å². The lowest BCUT2D eigenvalue weighted by Crippen LogP contribution is -2.43. The molecule has 25 heavy (non-hydrogen) atoms. The third kappa shape index (κ3) is 7.95. The predicted octanol–water partition coefficient (Wildman–Crippen LogP) is 2.40. The molecule has 2 rings (SSSR count). The molecule has 0 atom stereocenters. The minimum atomic E-state index is 0.794. The van der Waals surface area contributed by atoms with Crippen molar-refractivity contribution in [1.82, 2.24) is 20.4 Å².